The molecule has 168 valence electrons. The summed E-state index contributed by atoms with van der Waals surface area (Å²) in [4.78, 5) is 30.9. The standard InChI is InChI=1S/C23H31N3O5/c27-21(12-24-8-7-16-3-1-2-4-17(16)9-24)15-31-23(29)25-10-18(11-25)22(28)26-19-5-6-20(26)14-30-13-19/h1-4,18-21,27H,5-15H2. The van der Waals surface area contributed by atoms with Gasteiger partial charge in [-0.15, -0.1) is 0 Å². The van der Waals surface area contributed by atoms with Gasteiger partial charge in [0.2, 0.25) is 5.91 Å². The van der Waals surface area contributed by atoms with E-state index in [1.165, 1.54) is 11.1 Å². The third kappa shape index (κ3) is 4.29. The Labute approximate surface area is 182 Å². The molecule has 4 heterocycles. The molecule has 2 amide bonds. The summed E-state index contributed by atoms with van der Waals surface area (Å²) < 4.78 is 10.9. The van der Waals surface area contributed by atoms with Crippen LogP contribution >= 0.6 is 0 Å². The summed E-state index contributed by atoms with van der Waals surface area (Å²) in [7, 11) is 0. The molecule has 8 nitrogen and oxygen atoms in total. The number of carbonyl (C=O) groups is 2. The number of carbonyl (C=O) groups excluding carboxylic acids is 2. The zero-order chi connectivity index (χ0) is 21.4. The predicted molar refractivity (Wildman–Crippen MR) is 112 cm³/mol. The van der Waals surface area contributed by atoms with E-state index in [9.17, 15) is 14.7 Å². The van der Waals surface area contributed by atoms with Crippen molar-refractivity contribution in [2.24, 2.45) is 5.92 Å². The van der Waals surface area contributed by atoms with E-state index >= 15 is 0 Å². The van der Waals surface area contributed by atoms with Gasteiger partial charge in [-0.25, -0.2) is 4.79 Å². The minimum absolute atomic E-state index is 0.0281. The van der Waals surface area contributed by atoms with E-state index in [2.05, 4.69) is 23.1 Å². The second-order valence-corrected chi connectivity index (χ2v) is 9.25. The van der Waals surface area contributed by atoms with Crippen molar-refractivity contribution in [2.45, 2.75) is 44.0 Å². The average Bonchev–Trinajstić information content (AvgIpc) is 2.99. The van der Waals surface area contributed by atoms with Crippen molar-refractivity contribution in [3.8, 4) is 0 Å². The van der Waals surface area contributed by atoms with Crippen LogP contribution in [0.3, 0.4) is 0 Å². The number of hydrogen-bond acceptors (Lipinski definition) is 6. The van der Waals surface area contributed by atoms with E-state index in [0.29, 0.717) is 32.8 Å². The van der Waals surface area contributed by atoms with E-state index in [-0.39, 0.29) is 30.5 Å². The average molecular weight is 430 g/mol. The van der Waals surface area contributed by atoms with Crippen molar-refractivity contribution in [1.82, 2.24) is 14.7 Å². The molecule has 0 saturated carbocycles. The molecule has 4 aliphatic rings. The minimum atomic E-state index is -0.725. The predicted octanol–water partition coefficient (Wildman–Crippen LogP) is 0.864. The molecule has 8 heteroatoms. The van der Waals surface area contributed by atoms with Crippen LogP contribution in [0.2, 0.25) is 0 Å². The van der Waals surface area contributed by atoms with Crippen molar-refractivity contribution in [2.75, 3.05) is 46.0 Å². The van der Waals surface area contributed by atoms with Gasteiger partial charge in [0.25, 0.3) is 0 Å². The first-order chi connectivity index (χ1) is 15.1. The Kier molecular flexibility index (Phi) is 5.86. The van der Waals surface area contributed by atoms with Crippen molar-refractivity contribution in [3.05, 3.63) is 35.4 Å². The van der Waals surface area contributed by atoms with Crippen molar-refractivity contribution in [1.29, 1.82) is 0 Å². The van der Waals surface area contributed by atoms with Crippen LogP contribution in [0.15, 0.2) is 24.3 Å². The fraction of sp³-hybridized carbons (Fsp3) is 0.652. The number of hydrogen-bond donors (Lipinski definition) is 1. The van der Waals surface area contributed by atoms with Crippen LogP contribution in [0.1, 0.15) is 24.0 Å². The Morgan fingerprint density at radius 2 is 1.84 bits per heavy atom. The Morgan fingerprint density at radius 1 is 1.13 bits per heavy atom. The van der Waals surface area contributed by atoms with Crippen LogP contribution in [0.4, 0.5) is 4.79 Å². The first-order valence-electron chi connectivity index (χ1n) is 11.4. The van der Waals surface area contributed by atoms with Gasteiger partial charge in [-0.2, -0.15) is 0 Å². The topological polar surface area (TPSA) is 82.6 Å². The number of amides is 2. The highest BCUT2D eigenvalue weighted by atomic mass is 16.6. The molecular formula is C23H31N3O5. The monoisotopic (exact) mass is 429 g/mol. The van der Waals surface area contributed by atoms with E-state index < -0.39 is 12.2 Å². The molecule has 3 saturated heterocycles. The SMILES string of the molecule is O=C(OCC(O)CN1CCc2ccccc2C1)N1CC(C(=O)N2C3CCC2COC3)C1. The molecule has 0 aromatic heterocycles. The third-order valence-corrected chi connectivity index (χ3v) is 7.06. The summed E-state index contributed by atoms with van der Waals surface area (Å²) in [6.45, 7) is 4.19. The molecule has 31 heavy (non-hydrogen) atoms. The Morgan fingerprint density at radius 3 is 2.58 bits per heavy atom. The number of likely N-dealkylation sites (tertiary alicyclic amines) is 1. The molecular weight excluding hydrogens is 398 g/mol. The maximum Gasteiger partial charge on any atom is 0.409 e. The summed E-state index contributed by atoms with van der Waals surface area (Å²) >= 11 is 0. The van der Waals surface area contributed by atoms with Crippen molar-refractivity contribution in [3.63, 3.8) is 0 Å². The largest absolute Gasteiger partial charge is 0.447 e. The fourth-order valence-electron chi connectivity index (χ4n) is 5.30. The number of benzene rings is 1. The van der Waals surface area contributed by atoms with Gasteiger partial charge in [0.1, 0.15) is 12.7 Å². The molecule has 2 bridgehead atoms. The van der Waals surface area contributed by atoms with E-state index in [1.807, 2.05) is 11.0 Å². The number of aliphatic hydroxyl groups is 1. The Hall–Kier alpha value is -2.16. The van der Waals surface area contributed by atoms with Gasteiger partial charge in [0.05, 0.1) is 31.2 Å². The molecule has 0 radical (unpaired) electrons. The van der Waals surface area contributed by atoms with Crippen LogP contribution in [0, 0.1) is 5.92 Å². The van der Waals surface area contributed by atoms with Crippen LogP contribution in [-0.4, -0.2) is 96.0 Å². The lowest BCUT2D eigenvalue weighted by molar-refractivity contribution is -0.150. The zero-order valence-corrected chi connectivity index (χ0v) is 17.8. The van der Waals surface area contributed by atoms with E-state index in [0.717, 1.165) is 32.4 Å². The molecule has 0 spiro atoms. The first kappa shape index (κ1) is 20.7. The maximum atomic E-state index is 12.8. The Bertz CT molecular complexity index is 811. The summed E-state index contributed by atoms with van der Waals surface area (Å²) in [6.07, 6.45) is 1.82. The normalized spacial score (nSPS) is 26.9. The number of morpholine rings is 1. The molecule has 3 fully saturated rings. The van der Waals surface area contributed by atoms with Gasteiger partial charge in [-0.1, -0.05) is 24.3 Å². The molecule has 1 aromatic carbocycles. The lowest BCUT2D eigenvalue weighted by Crippen LogP contribution is -2.60. The number of aliphatic hydroxyl groups excluding tert-OH is 1. The van der Waals surface area contributed by atoms with Gasteiger partial charge < -0.3 is 24.4 Å². The smallest absolute Gasteiger partial charge is 0.409 e. The molecule has 4 aliphatic heterocycles. The first-order valence-corrected chi connectivity index (χ1v) is 11.4. The third-order valence-electron chi connectivity index (χ3n) is 7.06. The molecule has 3 unspecified atom stereocenters. The minimum Gasteiger partial charge on any atom is -0.447 e. The molecule has 1 aromatic rings. The van der Waals surface area contributed by atoms with Gasteiger partial charge in [-0.05, 0) is 30.4 Å². The van der Waals surface area contributed by atoms with Gasteiger partial charge >= 0.3 is 6.09 Å². The van der Waals surface area contributed by atoms with Crippen LogP contribution in [0.5, 0.6) is 0 Å². The zero-order valence-electron chi connectivity index (χ0n) is 17.8. The molecule has 5 rings (SSSR count). The van der Waals surface area contributed by atoms with Crippen LogP contribution in [0.25, 0.3) is 0 Å². The summed E-state index contributed by atoms with van der Waals surface area (Å²) in [6, 6.07) is 8.77. The number of ether oxygens (including phenoxy) is 2. The lowest BCUT2D eigenvalue weighted by Gasteiger charge is -2.43. The fourth-order valence-corrected chi connectivity index (χ4v) is 5.30. The second kappa shape index (κ2) is 8.76. The van der Waals surface area contributed by atoms with E-state index in [1.54, 1.807) is 4.90 Å². The van der Waals surface area contributed by atoms with Gasteiger partial charge in [-0.3, -0.25) is 9.69 Å². The number of rotatable bonds is 5. The van der Waals surface area contributed by atoms with Crippen molar-refractivity contribution < 1.29 is 24.2 Å². The van der Waals surface area contributed by atoms with Crippen molar-refractivity contribution >= 4 is 12.0 Å². The molecule has 1 N–H and O–H groups in total. The number of nitrogens with zero attached hydrogens (tertiary/aromatic N) is 3. The molecule has 0 aliphatic carbocycles. The summed E-state index contributed by atoms with van der Waals surface area (Å²) in [5.41, 5.74) is 2.66. The van der Waals surface area contributed by atoms with Crippen LogP contribution in [-0.2, 0) is 27.2 Å². The highest BCUT2D eigenvalue weighted by Crippen LogP contribution is 2.32. The van der Waals surface area contributed by atoms with Gasteiger partial charge in [0.15, 0.2) is 0 Å². The maximum absolute atomic E-state index is 12.8. The van der Waals surface area contributed by atoms with E-state index in [4.69, 9.17) is 9.47 Å². The summed E-state index contributed by atoms with van der Waals surface area (Å²) in [5, 5.41) is 10.3. The van der Waals surface area contributed by atoms with Gasteiger partial charge in [0, 0.05) is 32.7 Å². The summed E-state index contributed by atoms with van der Waals surface area (Å²) in [5.74, 6) is -0.00245. The lowest BCUT2D eigenvalue weighted by atomic mass is 9.98. The number of β-amino-alcohol motifs (C(OH)–C–C–N with tert-alkyl or cyclic N) is 1. The molecule has 3 atom stereocenters. The highest BCUT2D eigenvalue weighted by molar-refractivity contribution is 5.83. The second-order valence-electron chi connectivity index (χ2n) is 9.25. The quantitative estimate of drug-likeness (QED) is 0.748. The number of fused-ring (bicyclic) bond motifs is 3. The van der Waals surface area contributed by atoms with Crippen LogP contribution < -0.4 is 0 Å². The highest BCUT2D eigenvalue weighted by Gasteiger charge is 2.46. The Balaban J connectivity index is 1.03.